The summed E-state index contributed by atoms with van der Waals surface area (Å²) in [7, 11) is 0. The summed E-state index contributed by atoms with van der Waals surface area (Å²) in [6, 6.07) is 0. The number of hydrogen-bond donors (Lipinski definition) is 0. The van der Waals surface area contributed by atoms with Gasteiger partial charge in [0, 0.05) is 0 Å². The topological polar surface area (TPSA) is 19.9 Å². The van der Waals surface area contributed by atoms with Crippen molar-refractivity contribution in [2.45, 2.75) is 91.1 Å². The maximum absolute atomic E-state index is 12.9. The molecule has 0 heterocycles. The van der Waals surface area contributed by atoms with Crippen LogP contribution in [0.2, 0.25) is 0 Å². The van der Waals surface area contributed by atoms with E-state index in [2.05, 4.69) is 27.7 Å². The quantitative estimate of drug-likeness (QED) is 0.478. The molecule has 0 spiro atoms. The fourth-order valence-electron chi connectivity index (χ4n) is 2.85. The van der Waals surface area contributed by atoms with E-state index in [1.807, 2.05) is 0 Å². The summed E-state index contributed by atoms with van der Waals surface area (Å²) < 4.78 is 0. The Kier molecular flexibility index (Phi) is 9.02. The van der Waals surface area contributed by atoms with Gasteiger partial charge in [0.25, 0.3) is 0 Å². The molecule has 1 unspecified atom stereocenters. The highest BCUT2D eigenvalue weighted by atomic mass is 16.3. The first-order chi connectivity index (χ1) is 7.64. The smallest absolute Gasteiger partial charge is 0.106 e. The number of rotatable bonds is 10. The van der Waals surface area contributed by atoms with Gasteiger partial charge in [-0.1, -0.05) is 59.8 Å². The minimum absolute atomic E-state index is 0.414. The zero-order valence-corrected chi connectivity index (χ0v) is 11.8. The van der Waals surface area contributed by atoms with Crippen LogP contribution in [0.3, 0.4) is 0 Å². The molecule has 0 rings (SSSR count). The van der Waals surface area contributed by atoms with Gasteiger partial charge in [0.15, 0.2) is 0 Å². The van der Waals surface area contributed by atoms with Gasteiger partial charge < -0.3 is 0 Å². The Labute approximate surface area is 103 Å². The average Bonchev–Trinajstić information content (AvgIpc) is 2.24. The summed E-state index contributed by atoms with van der Waals surface area (Å²) in [6.07, 6.45) is 9.69. The van der Waals surface area contributed by atoms with Crippen LogP contribution in [0.15, 0.2) is 0 Å². The van der Waals surface area contributed by atoms with E-state index in [0.717, 1.165) is 44.9 Å². The van der Waals surface area contributed by atoms with Crippen LogP contribution >= 0.6 is 0 Å². The van der Waals surface area contributed by atoms with Gasteiger partial charge >= 0.3 is 0 Å². The molecule has 1 atom stereocenters. The predicted molar refractivity (Wildman–Crippen MR) is 71.2 cm³/mol. The van der Waals surface area contributed by atoms with E-state index in [-0.39, 0.29) is 0 Å². The van der Waals surface area contributed by atoms with Crippen molar-refractivity contribution in [3.63, 3.8) is 0 Å². The molecule has 0 saturated heterocycles. The molecule has 0 fully saturated rings. The molecule has 1 heteroatoms. The molecule has 0 N–H and O–H groups in total. The van der Waals surface area contributed by atoms with Crippen LogP contribution in [0, 0.1) is 5.92 Å². The van der Waals surface area contributed by atoms with Crippen molar-refractivity contribution in [1.82, 2.24) is 0 Å². The van der Waals surface area contributed by atoms with Gasteiger partial charge in [-0.25, -0.2) is 5.11 Å². The number of unbranched alkanes of at least 4 members (excludes halogenated alkanes) is 1. The lowest BCUT2D eigenvalue weighted by atomic mass is 9.75. The third-order valence-electron chi connectivity index (χ3n) is 3.63. The third kappa shape index (κ3) is 5.34. The molecule has 1 radical (unpaired) electrons. The first-order valence-electron chi connectivity index (χ1n) is 7.34. The van der Waals surface area contributed by atoms with Gasteiger partial charge in [-0.15, -0.1) is 0 Å². The second-order valence-electron chi connectivity index (χ2n) is 5.19. The molecule has 97 valence electrons. The normalized spacial score (nSPS) is 14.1. The summed E-state index contributed by atoms with van der Waals surface area (Å²) in [5.41, 5.74) is -0.630. The molecular formula is C15H31O. The largest absolute Gasteiger partial charge is 0.229 e. The molecule has 0 aliphatic carbocycles. The van der Waals surface area contributed by atoms with Crippen molar-refractivity contribution in [1.29, 1.82) is 0 Å². The molecule has 0 aromatic rings. The van der Waals surface area contributed by atoms with E-state index >= 15 is 0 Å². The molecule has 1 nitrogen and oxygen atoms in total. The van der Waals surface area contributed by atoms with Crippen molar-refractivity contribution < 1.29 is 5.11 Å². The minimum Gasteiger partial charge on any atom is -0.229 e. The minimum atomic E-state index is -0.630. The fourth-order valence-corrected chi connectivity index (χ4v) is 2.85. The third-order valence-corrected chi connectivity index (χ3v) is 3.63. The van der Waals surface area contributed by atoms with E-state index in [9.17, 15) is 5.11 Å². The van der Waals surface area contributed by atoms with Gasteiger partial charge in [-0.2, -0.15) is 0 Å². The molecule has 0 aliphatic heterocycles. The van der Waals surface area contributed by atoms with E-state index in [4.69, 9.17) is 0 Å². The van der Waals surface area contributed by atoms with Crippen LogP contribution in [0.1, 0.15) is 85.5 Å². The van der Waals surface area contributed by atoms with Crippen LogP contribution in [0.25, 0.3) is 0 Å². The second kappa shape index (κ2) is 9.04. The average molecular weight is 227 g/mol. The van der Waals surface area contributed by atoms with Crippen molar-refractivity contribution in [3.05, 3.63) is 0 Å². The van der Waals surface area contributed by atoms with E-state index in [1.165, 1.54) is 12.8 Å². The van der Waals surface area contributed by atoms with Gasteiger partial charge in [-0.3, -0.25) is 0 Å². The lowest BCUT2D eigenvalue weighted by molar-refractivity contribution is -0.0973. The van der Waals surface area contributed by atoms with Gasteiger partial charge in [0.1, 0.15) is 5.60 Å². The molecular weight excluding hydrogens is 196 g/mol. The van der Waals surface area contributed by atoms with E-state index in [1.54, 1.807) is 0 Å². The SMILES string of the molecule is CCCCC(CCC)C([O])(CCC)CCC. The first-order valence-corrected chi connectivity index (χ1v) is 7.34. The Balaban J connectivity index is 4.49. The second-order valence-corrected chi connectivity index (χ2v) is 5.19. The molecule has 0 saturated carbocycles. The molecule has 0 bridgehead atoms. The first kappa shape index (κ1) is 16.0. The summed E-state index contributed by atoms with van der Waals surface area (Å²) in [5, 5.41) is 12.9. The van der Waals surface area contributed by atoms with Crippen molar-refractivity contribution >= 4 is 0 Å². The zero-order valence-electron chi connectivity index (χ0n) is 11.8. The standard InChI is InChI=1S/C15H31O/c1-5-9-11-14(10-6-2)15(16,12-7-3)13-8-4/h14H,5-13H2,1-4H3. The molecule has 0 amide bonds. The van der Waals surface area contributed by atoms with Gasteiger partial charge in [-0.05, 0) is 31.6 Å². The van der Waals surface area contributed by atoms with Crippen molar-refractivity contribution in [2.75, 3.05) is 0 Å². The summed E-state index contributed by atoms with van der Waals surface area (Å²) in [4.78, 5) is 0. The van der Waals surface area contributed by atoms with Crippen LogP contribution in [-0.2, 0) is 5.11 Å². The summed E-state index contributed by atoms with van der Waals surface area (Å²) >= 11 is 0. The highest BCUT2D eigenvalue weighted by Crippen LogP contribution is 2.35. The van der Waals surface area contributed by atoms with Crippen LogP contribution in [0.5, 0.6) is 0 Å². The summed E-state index contributed by atoms with van der Waals surface area (Å²) in [5.74, 6) is 0.414. The fraction of sp³-hybridized carbons (Fsp3) is 1.00. The Bertz CT molecular complexity index is 148. The predicted octanol–water partition coefficient (Wildman–Crippen LogP) is 5.36. The van der Waals surface area contributed by atoms with Gasteiger partial charge in [0.05, 0.1) is 0 Å². The molecule has 0 aromatic heterocycles. The molecule has 0 aromatic carbocycles. The Morgan fingerprint density at radius 2 is 1.38 bits per heavy atom. The number of hydrogen-bond acceptors (Lipinski definition) is 0. The lowest BCUT2D eigenvalue weighted by Crippen LogP contribution is -2.36. The van der Waals surface area contributed by atoms with Gasteiger partial charge in [0.2, 0.25) is 0 Å². The van der Waals surface area contributed by atoms with Crippen molar-refractivity contribution in [3.8, 4) is 0 Å². The van der Waals surface area contributed by atoms with Crippen LogP contribution < -0.4 is 0 Å². The van der Waals surface area contributed by atoms with Crippen LogP contribution in [-0.4, -0.2) is 5.60 Å². The zero-order chi connectivity index (χ0) is 12.4. The Hall–Kier alpha value is -0.0400. The Morgan fingerprint density at radius 3 is 1.75 bits per heavy atom. The van der Waals surface area contributed by atoms with E-state index < -0.39 is 5.60 Å². The highest BCUT2D eigenvalue weighted by molar-refractivity contribution is 4.85. The molecule has 0 aliphatic rings. The highest BCUT2D eigenvalue weighted by Gasteiger charge is 2.35. The molecule has 16 heavy (non-hydrogen) atoms. The van der Waals surface area contributed by atoms with Crippen molar-refractivity contribution in [2.24, 2.45) is 5.92 Å². The van der Waals surface area contributed by atoms with Crippen LogP contribution in [0.4, 0.5) is 0 Å². The van der Waals surface area contributed by atoms with E-state index in [0.29, 0.717) is 5.92 Å². The maximum atomic E-state index is 12.9. The maximum Gasteiger partial charge on any atom is 0.106 e. The monoisotopic (exact) mass is 227 g/mol. The summed E-state index contributed by atoms with van der Waals surface area (Å²) in [6.45, 7) is 8.71. The Morgan fingerprint density at radius 1 is 0.812 bits per heavy atom. The lowest BCUT2D eigenvalue weighted by Gasteiger charge is -2.34.